The minimum atomic E-state index is -0.333. The summed E-state index contributed by atoms with van der Waals surface area (Å²) in [5.41, 5.74) is 1.61. The Bertz CT molecular complexity index is 914. The zero-order valence-electron chi connectivity index (χ0n) is 12.8. The number of pyridine rings is 1. The van der Waals surface area contributed by atoms with Gasteiger partial charge in [-0.1, -0.05) is 23.2 Å². The maximum atomic E-state index is 12.4. The van der Waals surface area contributed by atoms with E-state index in [1.54, 1.807) is 54.7 Å². The number of carbonyl (C=O) groups is 1. The number of halogens is 2. The van der Waals surface area contributed by atoms with Crippen LogP contribution < -0.4 is 10.6 Å². The first kappa shape index (κ1) is 17.1. The number of nitrogens with zero attached hydrogens (tertiary/aromatic N) is 1. The quantitative estimate of drug-likeness (QED) is 0.556. The third kappa shape index (κ3) is 4.21. The number of aromatic hydroxyl groups is 1. The number of phenols is 1. The number of nitrogens with one attached hydrogen (secondary N) is 2. The third-order valence-electron chi connectivity index (χ3n) is 3.37. The van der Waals surface area contributed by atoms with E-state index >= 15 is 0 Å². The zero-order valence-corrected chi connectivity index (χ0v) is 14.3. The van der Waals surface area contributed by atoms with Crippen LogP contribution in [-0.4, -0.2) is 16.0 Å². The van der Waals surface area contributed by atoms with E-state index in [0.717, 1.165) is 5.69 Å². The molecule has 0 fully saturated rings. The zero-order chi connectivity index (χ0) is 17.8. The second-order valence-corrected chi connectivity index (χ2v) is 5.97. The topological polar surface area (TPSA) is 74.2 Å². The van der Waals surface area contributed by atoms with Crippen LogP contribution in [0.15, 0.2) is 60.8 Å². The molecule has 1 aromatic heterocycles. The SMILES string of the molecule is O=C(Nc1cccnc1Nc1ccc(O)cc1)c1ccc(Cl)c(Cl)c1. The van der Waals surface area contributed by atoms with E-state index in [1.165, 1.54) is 6.07 Å². The molecule has 0 bridgehead atoms. The van der Waals surface area contributed by atoms with Crippen LogP contribution in [0, 0.1) is 0 Å². The van der Waals surface area contributed by atoms with Gasteiger partial charge in [-0.15, -0.1) is 0 Å². The monoisotopic (exact) mass is 373 g/mol. The average Bonchev–Trinajstić information content (AvgIpc) is 2.61. The molecular formula is C18H13Cl2N3O2. The Hall–Kier alpha value is -2.76. The first-order valence-corrected chi connectivity index (χ1v) is 8.06. The van der Waals surface area contributed by atoms with Gasteiger partial charge in [0.25, 0.3) is 5.91 Å². The van der Waals surface area contributed by atoms with Crippen LogP contribution >= 0.6 is 23.2 Å². The lowest BCUT2D eigenvalue weighted by Crippen LogP contribution is -2.13. The summed E-state index contributed by atoms with van der Waals surface area (Å²) >= 11 is 11.8. The van der Waals surface area contributed by atoms with E-state index < -0.39 is 0 Å². The molecule has 0 saturated carbocycles. The summed E-state index contributed by atoms with van der Waals surface area (Å²) in [6.45, 7) is 0. The fraction of sp³-hybridized carbons (Fsp3) is 0. The lowest BCUT2D eigenvalue weighted by Gasteiger charge is -2.12. The number of hydrogen-bond acceptors (Lipinski definition) is 4. The number of phenolic OH excluding ortho intramolecular Hbond substituents is 1. The van der Waals surface area contributed by atoms with Crippen molar-refractivity contribution in [3.63, 3.8) is 0 Å². The van der Waals surface area contributed by atoms with E-state index in [2.05, 4.69) is 15.6 Å². The summed E-state index contributed by atoms with van der Waals surface area (Å²) in [6.07, 6.45) is 1.61. The maximum absolute atomic E-state index is 12.4. The molecule has 2 aromatic carbocycles. The number of benzene rings is 2. The minimum Gasteiger partial charge on any atom is -0.508 e. The molecule has 25 heavy (non-hydrogen) atoms. The second-order valence-electron chi connectivity index (χ2n) is 5.15. The molecule has 3 rings (SSSR count). The van der Waals surface area contributed by atoms with E-state index in [-0.39, 0.29) is 11.7 Å². The molecule has 3 aromatic rings. The van der Waals surface area contributed by atoms with Gasteiger partial charge in [0.2, 0.25) is 0 Å². The van der Waals surface area contributed by atoms with Crippen LogP contribution in [0.25, 0.3) is 0 Å². The molecule has 0 spiro atoms. The molecule has 0 atom stereocenters. The predicted octanol–water partition coefficient (Wildman–Crippen LogP) is 5.09. The highest BCUT2D eigenvalue weighted by atomic mass is 35.5. The molecule has 5 nitrogen and oxygen atoms in total. The van der Waals surface area contributed by atoms with Crippen LogP contribution in [-0.2, 0) is 0 Å². The van der Waals surface area contributed by atoms with Gasteiger partial charge in [0.15, 0.2) is 5.82 Å². The van der Waals surface area contributed by atoms with Crippen LogP contribution in [0.3, 0.4) is 0 Å². The Balaban J connectivity index is 1.81. The molecule has 0 aliphatic rings. The summed E-state index contributed by atoms with van der Waals surface area (Å²) in [7, 11) is 0. The van der Waals surface area contributed by atoms with E-state index in [0.29, 0.717) is 27.1 Å². The molecule has 0 unspecified atom stereocenters. The molecule has 0 aliphatic heterocycles. The van der Waals surface area contributed by atoms with Gasteiger partial charge < -0.3 is 15.7 Å². The van der Waals surface area contributed by atoms with Crippen molar-refractivity contribution in [3.8, 4) is 5.75 Å². The Morgan fingerprint density at radius 2 is 1.76 bits per heavy atom. The molecule has 7 heteroatoms. The van der Waals surface area contributed by atoms with Crippen molar-refractivity contribution in [3.05, 3.63) is 76.4 Å². The highest BCUT2D eigenvalue weighted by Crippen LogP contribution is 2.26. The van der Waals surface area contributed by atoms with Gasteiger partial charge in [-0.25, -0.2) is 4.98 Å². The summed E-state index contributed by atoms with van der Waals surface area (Å²) in [5.74, 6) is 0.307. The van der Waals surface area contributed by atoms with Gasteiger partial charge in [0.1, 0.15) is 5.75 Å². The molecule has 0 radical (unpaired) electrons. The van der Waals surface area contributed by atoms with Crippen LogP contribution in [0.5, 0.6) is 5.75 Å². The Morgan fingerprint density at radius 1 is 1.00 bits per heavy atom. The normalized spacial score (nSPS) is 10.3. The van der Waals surface area contributed by atoms with Gasteiger partial charge in [-0.05, 0) is 54.6 Å². The lowest BCUT2D eigenvalue weighted by molar-refractivity contribution is 0.102. The average molecular weight is 374 g/mol. The van der Waals surface area contributed by atoms with E-state index in [9.17, 15) is 9.90 Å². The molecule has 1 heterocycles. The van der Waals surface area contributed by atoms with Crippen molar-refractivity contribution in [2.24, 2.45) is 0 Å². The van der Waals surface area contributed by atoms with Crippen molar-refractivity contribution in [2.75, 3.05) is 10.6 Å². The molecule has 1 amide bonds. The Labute approximate surface area is 154 Å². The highest BCUT2D eigenvalue weighted by molar-refractivity contribution is 6.42. The van der Waals surface area contributed by atoms with Crippen molar-refractivity contribution in [2.45, 2.75) is 0 Å². The van der Waals surface area contributed by atoms with Crippen LogP contribution in [0.2, 0.25) is 10.0 Å². The maximum Gasteiger partial charge on any atom is 0.255 e. The number of anilines is 3. The lowest BCUT2D eigenvalue weighted by atomic mass is 10.2. The smallest absolute Gasteiger partial charge is 0.255 e. The van der Waals surface area contributed by atoms with Gasteiger partial charge in [0, 0.05) is 17.4 Å². The number of hydrogen-bond donors (Lipinski definition) is 3. The molecule has 126 valence electrons. The van der Waals surface area contributed by atoms with Crippen molar-refractivity contribution in [1.82, 2.24) is 4.98 Å². The molecule has 0 saturated heterocycles. The highest BCUT2D eigenvalue weighted by Gasteiger charge is 2.11. The van der Waals surface area contributed by atoms with Gasteiger partial charge in [-0.2, -0.15) is 0 Å². The molecule has 3 N–H and O–H groups in total. The summed E-state index contributed by atoms with van der Waals surface area (Å²) in [6, 6.07) is 14.6. The number of amides is 1. The first-order chi connectivity index (χ1) is 12.0. The number of carbonyl (C=O) groups excluding carboxylic acids is 1. The fourth-order valence-electron chi connectivity index (χ4n) is 2.12. The van der Waals surface area contributed by atoms with Crippen LogP contribution in [0.4, 0.5) is 17.2 Å². The standard InChI is InChI=1S/C18H13Cl2N3O2/c19-14-8-3-11(10-15(14)20)18(25)23-16-2-1-9-21-17(16)22-12-4-6-13(24)7-5-12/h1-10,24H,(H,21,22)(H,23,25). The summed E-state index contributed by atoms with van der Waals surface area (Å²) in [4.78, 5) is 16.7. The number of aromatic nitrogens is 1. The van der Waals surface area contributed by atoms with E-state index in [1.807, 2.05) is 0 Å². The summed E-state index contributed by atoms with van der Waals surface area (Å²) in [5, 5.41) is 15.9. The largest absolute Gasteiger partial charge is 0.508 e. The van der Waals surface area contributed by atoms with Gasteiger partial charge >= 0.3 is 0 Å². The summed E-state index contributed by atoms with van der Waals surface area (Å²) < 4.78 is 0. The minimum absolute atomic E-state index is 0.166. The van der Waals surface area contributed by atoms with Crippen LogP contribution in [0.1, 0.15) is 10.4 Å². The Morgan fingerprint density at radius 3 is 2.48 bits per heavy atom. The third-order valence-corrected chi connectivity index (χ3v) is 4.11. The van der Waals surface area contributed by atoms with Crippen molar-refractivity contribution in [1.29, 1.82) is 0 Å². The Kier molecular flexibility index (Phi) is 5.07. The first-order valence-electron chi connectivity index (χ1n) is 7.30. The van der Waals surface area contributed by atoms with Gasteiger partial charge in [-0.3, -0.25) is 4.79 Å². The van der Waals surface area contributed by atoms with Crippen molar-refractivity contribution >= 4 is 46.3 Å². The predicted molar refractivity (Wildman–Crippen MR) is 100 cm³/mol. The van der Waals surface area contributed by atoms with Gasteiger partial charge in [0.05, 0.1) is 15.7 Å². The van der Waals surface area contributed by atoms with E-state index in [4.69, 9.17) is 23.2 Å². The second kappa shape index (κ2) is 7.42. The molecule has 0 aliphatic carbocycles. The number of rotatable bonds is 4. The van der Waals surface area contributed by atoms with Crippen molar-refractivity contribution < 1.29 is 9.90 Å². The fourth-order valence-corrected chi connectivity index (χ4v) is 2.42. The molecular weight excluding hydrogens is 361 g/mol.